The summed E-state index contributed by atoms with van der Waals surface area (Å²) in [7, 11) is 0. The number of aryl methyl sites for hydroxylation is 1. The molecule has 0 aromatic heterocycles. The van der Waals surface area contributed by atoms with Crippen molar-refractivity contribution >= 4 is 11.6 Å². The maximum Gasteiger partial charge on any atom is 0.252 e. The minimum Gasteiger partial charge on any atom is -0.488 e. The third-order valence-electron chi connectivity index (χ3n) is 2.91. The second-order valence-corrected chi connectivity index (χ2v) is 4.34. The van der Waals surface area contributed by atoms with Crippen LogP contribution in [0.3, 0.4) is 0 Å². The van der Waals surface area contributed by atoms with Gasteiger partial charge in [-0.05, 0) is 36.2 Å². The van der Waals surface area contributed by atoms with Gasteiger partial charge in [0.05, 0.1) is 5.56 Å². The zero-order valence-electron chi connectivity index (χ0n) is 10.7. The van der Waals surface area contributed by atoms with Gasteiger partial charge in [-0.15, -0.1) is 0 Å². The molecule has 0 saturated heterocycles. The van der Waals surface area contributed by atoms with Gasteiger partial charge in [-0.2, -0.15) is 0 Å². The lowest BCUT2D eigenvalue weighted by atomic mass is 10.1. The van der Waals surface area contributed by atoms with E-state index in [0.29, 0.717) is 23.6 Å². The van der Waals surface area contributed by atoms with Crippen molar-refractivity contribution in [1.29, 1.82) is 0 Å². The van der Waals surface area contributed by atoms with Crippen molar-refractivity contribution in [2.75, 3.05) is 5.73 Å². The SMILES string of the molecule is Cc1ccccc1COc1ccc(N)cc1C(N)=O. The fraction of sp³-hybridized carbons (Fsp3) is 0.133. The first-order valence-corrected chi connectivity index (χ1v) is 5.94. The molecule has 19 heavy (non-hydrogen) atoms. The number of hydrogen-bond acceptors (Lipinski definition) is 3. The first-order valence-electron chi connectivity index (χ1n) is 5.94. The van der Waals surface area contributed by atoms with Gasteiger partial charge in [-0.1, -0.05) is 24.3 Å². The highest BCUT2D eigenvalue weighted by atomic mass is 16.5. The van der Waals surface area contributed by atoms with E-state index in [0.717, 1.165) is 11.1 Å². The minimum atomic E-state index is -0.549. The molecule has 2 aromatic rings. The van der Waals surface area contributed by atoms with E-state index in [1.54, 1.807) is 12.1 Å². The fourth-order valence-electron chi connectivity index (χ4n) is 1.79. The molecule has 1 amide bonds. The molecule has 0 fully saturated rings. The molecular formula is C15H16N2O2. The molecule has 4 nitrogen and oxygen atoms in total. The van der Waals surface area contributed by atoms with Crippen LogP contribution in [0.2, 0.25) is 0 Å². The van der Waals surface area contributed by atoms with Gasteiger partial charge in [0, 0.05) is 5.69 Å². The predicted molar refractivity (Wildman–Crippen MR) is 74.9 cm³/mol. The fourth-order valence-corrected chi connectivity index (χ4v) is 1.79. The lowest BCUT2D eigenvalue weighted by Crippen LogP contribution is -2.13. The Morgan fingerprint density at radius 2 is 1.95 bits per heavy atom. The maximum atomic E-state index is 11.3. The predicted octanol–water partition coefficient (Wildman–Crippen LogP) is 2.26. The van der Waals surface area contributed by atoms with Gasteiger partial charge in [-0.25, -0.2) is 0 Å². The van der Waals surface area contributed by atoms with E-state index >= 15 is 0 Å². The van der Waals surface area contributed by atoms with Gasteiger partial charge >= 0.3 is 0 Å². The van der Waals surface area contributed by atoms with Crippen LogP contribution in [-0.4, -0.2) is 5.91 Å². The van der Waals surface area contributed by atoms with Gasteiger partial charge < -0.3 is 16.2 Å². The van der Waals surface area contributed by atoms with Crippen molar-refractivity contribution in [1.82, 2.24) is 0 Å². The molecule has 2 rings (SSSR count). The van der Waals surface area contributed by atoms with Gasteiger partial charge in [0.25, 0.3) is 5.91 Å². The summed E-state index contributed by atoms with van der Waals surface area (Å²) in [5.41, 5.74) is 13.9. The summed E-state index contributed by atoms with van der Waals surface area (Å²) in [6.07, 6.45) is 0. The normalized spacial score (nSPS) is 10.2. The number of primary amides is 1. The number of ether oxygens (including phenoxy) is 1. The third-order valence-corrected chi connectivity index (χ3v) is 2.91. The van der Waals surface area contributed by atoms with Gasteiger partial charge in [0.2, 0.25) is 0 Å². The van der Waals surface area contributed by atoms with Crippen LogP contribution in [0, 0.1) is 6.92 Å². The molecular weight excluding hydrogens is 240 g/mol. The molecule has 0 saturated carbocycles. The van der Waals surface area contributed by atoms with Crippen LogP contribution in [0.5, 0.6) is 5.75 Å². The van der Waals surface area contributed by atoms with E-state index in [-0.39, 0.29) is 0 Å². The van der Waals surface area contributed by atoms with E-state index in [4.69, 9.17) is 16.2 Å². The van der Waals surface area contributed by atoms with Crippen LogP contribution in [0.4, 0.5) is 5.69 Å². The Labute approximate surface area is 112 Å². The number of carbonyl (C=O) groups is 1. The lowest BCUT2D eigenvalue weighted by molar-refractivity contribution is 0.0996. The van der Waals surface area contributed by atoms with E-state index < -0.39 is 5.91 Å². The average molecular weight is 256 g/mol. The highest BCUT2D eigenvalue weighted by molar-refractivity contribution is 5.96. The number of benzene rings is 2. The number of anilines is 1. The summed E-state index contributed by atoms with van der Waals surface area (Å²) in [4.78, 5) is 11.3. The molecule has 4 N–H and O–H groups in total. The topological polar surface area (TPSA) is 78.3 Å². The molecule has 98 valence electrons. The van der Waals surface area contributed by atoms with Crippen molar-refractivity contribution < 1.29 is 9.53 Å². The number of nitrogens with two attached hydrogens (primary N) is 2. The molecule has 4 heteroatoms. The van der Waals surface area contributed by atoms with E-state index in [1.165, 1.54) is 6.07 Å². The van der Waals surface area contributed by atoms with Gasteiger partial charge in [-0.3, -0.25) is 4.79 Å². The Balaban J connectivity index is 2.20. The summed E-state index contributed by atoms with van der Waals surface area (Å²) < 4.78 is 5.66. The Bertz CT molecular complexity index is 609. The molecule has 0 aliphatic carbocycles. The van der Waals surface area contributed by atoms with E-state index in [9.17, 15) is 4.79 Å². The van der Waals surface area contributed by atoms with Crippen molar-refractivity contribution in [3.05, 3.63) is 59.2 Å². The number of hydrogen-bond donors (Lipinski definition) is 2. The summed E-state index contributed by atoms with van der Waals surface area (Å²) in [5.74, 6) is -0.1000. The largest absolute Gasteiger partial charge is 0.488 e. The Kier molecular flexibility index (Phi) is 3.71. The zero-order chi connectivity index (χ0) is 13.8. The number of rotatable bonds is 4. The first kappa shape index (κ1) is 13.0. The second kappa shape index (κ2) is 5.44. The summed E-state index contributed by atoms with van der Waals surface area (Å²) in [6.45, 7) is 2.40. The monoisotopic (exact) mass is 256 g/mol. The van der Waals surface area contributed by atoms with Crippen molar-refractivity contribution in [3.8, 4) is 5.75 Å². The smallest absolute Gasteiger partial charge is 0.252 e. The number of amides is 1. The van der Waals surface area contributed by atoms with Crippen LogP contribution >= 0.6 is 0 Å². The lowest BCUT2D eigenvalue weighted by Gasteiger charge is -2.11. The van der Waals surface area contributed by atoms with Crippen molar-refractivity contribution in [3.63, 3.8) is 0 Å². The molecule has 0 radical (unpaired) electrons. The summed E-state index contributed by atoms with van der Waals surface area (Å²) >= 11 is 0. The van der Waals surface area contributed by atoms with Crippen LogP contribution in [0.25, 0.3) is 0 Å². The highest BCUT2D eigenvalue weighted by Gasteiger charge is 2.10. The molecule has 0 aliphatic heterocycles. The van der Waals surface area contributed by atoms with Gasteiger partial charge in [0.1, 0.15) is 12.4 Å². The quantitative estimate of drug-likeness (QED) is 0.823. The van der Waals surface area contributed by atoms with E-state index in [1.807, 2.05) is 31.2 Å². The van der Waals surface area contributed by atoms with Crippen LogP contribution in [-0.2, 0) is 6.61 Å². The Morgan fingerprint density at radius 3 is 2.63 bits per heavy atom. The van der Waals surface area contributed by atoms with Crippen LogP contribution in [0.15, 0.2) is 42.5 Å². The summed E-state index contributed by atoms with van der Waals surface area (Å²) in [5, 5.41) is 0. The standard InChI is InChI=1S/C15H16N2O2/c1-10-4-2-3-5-11(10)9-19-14-7-6-12(16)8-13(14)15(17)18/h2-8H,9,16H2,1H3,(H2,17,18). The van der Waals surface area contributed by atoms with Crippen molar-refractivity contribution in [2.45, 2.75) is 13.5 Å². The highest BCUT2D eigenvalue weighted by Crippen LogP contribution is 2.22. The zero-order valence-corrected chi connectivity index (χ0v) is 10.7. The van der Waals surface area contributed by atoms with Crippen molar-refractivity contribution in [2.24, 2.45) is 5.73 Å². The molecule has 0 bridgehead atoms. The summed E-state index contributed by atoms with van der Waals surface area (Å²) in [6, 6.07) is 12.8. The molecule has 0 heterocycles. The molecule has 0 unspecified atom stereocenters. The number of carbonyl (C=O) groups excluding carboxylic acids is 1. The first-order chi connectivity index (χ1) is 9.08. The minimum absolute atomic E-state index is 0.300. The molecule has 0 aliphatic rings. The second-order valence-electron chi connectivity index (χ2n) is 4.34. The molecule has 2 aromatic carbocycles. The number of nitrogen functional groups attached to an aromatic ring is 1. The maximum absolute atomic E-state index is 11.3. The van der Waals surface area contributed by atoms with Crippen LogP contribution < -0.4 is 16.2 Å². The molecule has 0 spiro atoms. The van der Waals surface area contributed by atoms with Crippen LogP contribution in [0.1, 0.15) is 21.5 Å². The van der Waals surface area contributed by atoms with Gasteiger partial charge in [0.15, 0.2) is 0 Å². The average Bonchev–Trinajstić information content (AvgIpc) is 2.38. The Hall–Kier alpha value is -2.49. The molecule has 0 atom stereocenters. The Morgan fingerprint density at radius 1 is 1.21 bits per heavy atom. The van der Waals surface area contributed by atoms with E-state index in [2.05, 4.69) is 0 Å². The third kappa shape index (κ3) is 3.04.